The average Bonchev–Trinajstić information content (AvgIpc) is 2.74. The Hall–Kier alpha value is -0.910. The van der Waals surface area contributed by atoms with Gasteiger partial charge in [0, 0.05) is 25.9 Å². The van der Waals surface area contributed by atoms with Crippen LogP contribution < -0.4 is 11.3 Å². The molecule has 2 atom stereocenters. The first-order valence-electron chi connectivity index (χ1n) is 6.63. The Morgan fingerprint density at radius 1 is 1.50 bits per heavy atom. The molecule has 0 fully saturated rings. The molecule has 0 amide bonds. The summed E-state index contributed by atoms with van der Waals surface area (Å²) in [5.41, 5.74) is 4.13. The number of aromatic nitrogens is 2. The number of aryl methyl sites for hydroxylation is 2. The summed E-state index contributed by atoms with van der Waals surface area (Å²) in [7, 11) is 1.93. The van der Waals surface area contributed by atoms with Crippen molar-refractivity contribution < 1.29 is 4.74 Å². The molecular weight excluding hydrogens is 228 g/mol. The fourth-order valence-corrected chi connectivity index (χ4v) is 2.23. The third-order valence-electron chi connectivity index (χ3n) is 3.13. The number of nitrogens with zero attached hydrogens (tertiary/aromatic N) is 2. The predicted octanol–water partition coefficient (Wildman–Crippen LogP) is 1.25. The zero-order chi connectivity index (χ0) is 13.5. The Morgan fingerprint density at radius 3 is 2.67 bits per heavy atom. The molecule has 0 aliphatic carbocycles. The molecule has 18 heavy (non-hydrogen) atoms. The van der Waals surface area contributed by atoms with Gasteiger partial charge in [-0.2, -0.15) is 5.10 Å². The molecule has 0 aliphatic rings. The lowest BCUT2D eigenvalue weighted by Crippen LogP contribution is -2.47. The van der Waals surface area contributed by atoms with Crippen LogP contribution in [0.3, 0.4) is 0 Å². The molecule has 0 aliphatic heterocycles. The normalized spacial score (nSPS) is 15.0. The molecule has 0 saturated heterocycles. The fraction of sp³-hybridized carbons (Fsp3) is 0.769. The van der Waals surface area contributed by atoms with Crippen molar-refractivity contribution in [3.63, 3.8) is 0 Å². The van der Waals surface area contributed by atoms with E-state index in [0.29, 0.717) is 12.5 Å². The van der Waals surface area contributed by atoms with Crippen molar-refractivity contribution in [2.45, 2.75) is 45.8 Å². The summed E-state index contributed by atoms with van der Waals surface area (Å²) < 4.78 is 7.61. The zero-order valence-corrected chi connectivity index (χ0v) is 11.9. The van der Waals surface area contributed by atoms with Crippen molar-refractivity contribution in [1.29, 1.82) is 0 Å². The molecule has 0 aromatic carbocycles. The van der Waals surface area contributed by atoms with Crippen LogP contribution in [0.1, 0.15) is 32.8 Å². The van der Waals surface area contributed by atoms with Crippen LogP contribution in [-0.4, -0.2) is 28.5 Å². The smallest absolute Gasteiger partial charge is 0.0764 e. The van der Waals surface area contributed by atoms with Crippen molar-refractivity contribution >= 4 is 0 Å². The lowest BCUT2D eigenvalue weighted by Gasteiger charge is -2.29. The number of hydrogen-bond donors (Lipinski definition) is 2. The molecule has 1 aromatic rings. The van der Waals surface area contributed by atoms with Crippen molar-refractivity contribution in [2.24, 2.45) is 18.8 Å². The van der Waals surface area contributed by atoms with Crippen LogP contribution in [0.15, 0.2) is 12.4 Å². The van der Waals surface area contributed by atoms with Gasteiger partial charge in [-0.25, -0.2) is 0 Å². The highest BCUT2D eigenvalue weighted by Gasteiger charge is 2.23. The number of nitrogens with two attached hydrogens (primary N) is 1. The summed E-state index contributed by atoms with van der Waals surface area (Å²) in [6.45, 7) is 7.06. The van der Waals surface area contributed by atoms with E-state index < -0.39 is 0 Å². The van der Waals surface area contributed by atoms with E-state index >= 15 is 0 Å². The van der Waals surface area contributed by atoms with Gasteiger partial charge in [0.2, 0.25) is 0 Å². The van der Waals surface area contributed by atoms with Gasteiger partial charge in [-0.3, -0.25) is 16.0 Å². The molecule has 1 aromatic heterocycles. The van der Waals surface area contributed by atoms with Crippen LogP contribution in [0.25, 0.3) is 0 Å². The van der Waals surface area contributed by atoms with E-state index in [0.717, 1.165) is 12.8 Å². The van der Waals surface area contributed by atoms with E-state index in [9.17, 15) is 0 Å². The van der Waals surface area contributed by atoms with E-state index in [1.54, 1.807) is 0 Å². The van der Waals surface area contributed by atoms with Crippen molar-refractivity contribution in [3.8, 4) is 0 Å². The van der Waals surface area contributed by atoms with Gasteiger partial charge < -0.3 is 4.74 Å². The standard InChI is InChI=1S/C13H26N4O/c1-5-18-13(10(2)3)12(16-14)7-6-11-8-15-17(4)9-11/h8-10,12-13,16H,5-7,14H2,1-4H3. The van der Waals surface area contributed by atoms with Gasteiger partial charge in [-0.05, 0) is 31.2 Å². The molecular formula is C13H26N4O. The maximum absolute atomic E-state index is 5.79. The molecule has 2 unspecified atom stereocenters. The van der Waals surface area contributed by atoms with Crippen molar-refractivity contribution in [1.82, 2.24) is 15.2 Å². The van der Waals surface area contributed by atoms with E-state index in [4.69, 9.17) is 10.6 Å². The number of hydrazine groups is 1. The summed E-state index contributed by atoms with van der Waals surface area (Å²) >= 11 is 0. The Kier molecular flexibility index (Phi) is 6.32. The second-order valence-corrected chi connectivity index (χ2v) is 5.00. The molecule has 0 spiro atoms. The summed E-state index contributed by atoms with van der Waals surface area (Å²) in [4.78, 5) is 0. The first-order valence-corrected chi connectivity index (χ1v) is 6.63. The topological polar surface area (TPSA) is 65.1 Å². The van der Waals surface area contributed by atoms with Crippen LogP contribution in [0.5, 0.6) is 0 Å². The average molecular weight is 254 g/mol. The predicted molar refractivity (Wildman–Crippen MR) is 72.9 cm³/mol. The molecule has 0 radical (unpaired) electrons. The van der Waals surface area contributed by atoms with E-state index in [-0.39, 0.29) is 12.1 Å². The second kappa shape index (κ2) is 7.51. The van der Waals surface area contributed by atoms with Crippen LogP contribution >= 0.6 is 0 Å². The lowest BCUT2D eigenvalue weighted by molar-refractivity contribution is 0.00153. The number of ether oxygens (including phenoxy) is 1. The number of hydrogen-bond acceptors (Lipinski definition) is 4. The fourth-order valence-electron chi connectivity index (χ4n) is 2.23. The van der Waals surface area contributed by atoms with Gasteiger partial charge in [0.1, 0.15) is 0 Å². The highest BCUT2D eigenvalue weighted by Crippen LogP contribution is 2.15. The van der Waals surface area contributed by atoms with Crippen LogP contribution in [0.2, 0.25) is 0 Å². The molecule has 3 N–H and O–H groups in total. The van der Waals surface area contributed by atoms with Gasteiger partial charge in [0.15, 0.2) is 0 Å². The summed E-state index contributed by atoms with van der Waals surface area (Å²) in [6, 6.07) is 0.171. The largest absolute Gasteiger partial charge is 0.377 e. The molecule has 5 heteroatoms. The minimum atomic E-state index is 0.150. The Morgan fingerprint density at radius 2 is 2.22 bits per heavy atom. The molecule has 104 valence electrons. The van der Waals surface area contributed by atoms with Gasteiger partial charge in [0.05, 0.1) is 12.3 Å². The molecule has 0 saturated carbocycles. The van der Waals surface area contributed by atoms with E-state index in [2.05, 4.69) is 24.4 Å². The Balaban J connectivity index is 2.54. The van der Waals surface area contributed by atoms with Crippen LogP contribution in [0, 0.1) is 5.92 Å². The third-order valence-corrected chi connectivity index (χ3v) is 3.13. The monoisotopic (exact) mass is 254 g/mol. The zero-order valence-electron chi connectivity index (χ0n) is 11.9. The van der Waals surface area contributed by atoms with Crippen molar-refractivity contribution in [2.75, 3.05) is 6.61 Å². The SMILES string of the molecule is CCOC(C(C)C)C(CCc1cnn(C)c1)NN. The Labute approximate surface area is 110 Å². The molecule has 5 nitrogen and oxygen atoms in total. The number of nitrogens with one attached hydrogen (secondary N) is 1. The maximum atomic E-state index is 5.79. The summed E-state index contributed by atoms with van der Waals surface area (Å²) in [5, 5.41) is 4.17. The quantitative estimate of drug-likeness (QED) is 0.541. The minimum absolute atomic E-state index is 0.150. The summed E-state index contributed by atoms with van der Waals surface area (Å²) in [6.07, 6.45) is 6.00. The Bertz CT molecular complexity index is 337. The second-order valence-electron chi connectivity index (χ2n) is 5.00. The highest BCUT2D eigenvalue weighted by molar-refractivity contribution is 5.04. The first-order chi connectivity index (χ1) is 8.58. The van der Waals surface area contributed by atoms with E-state index in [1.165, 1.54) is 5.56 Å². The number of rotatable bonds is 8. The van der Waals surface area contributed by atoms with Gasteiger partial charge in [-0.1, -0.05) is 13.8 Å². The van der Waals surface area contributed by atoms with Gasteiger partial charge in [0.25, 0.3) is 0 Å². The van der Waals surface area contributed by atoms with Gasteiger partial charge >= 0.3 is 0 Å². The highest BCUT2D eigenvalue weighted by atomic mass is 16.5. The van der Waals surface area contributed by atoms with Crippen LogP contribution in [0.4, 0.5) is 0 Å². The van der Waals surface area contributed by atoms with E-state index in [1.807, 2.05) is 31.0 Å². The molecule has 0 bridgehead atoms. The maximum Gasteiger partial charge on any atom is 0.0764 e. The summed E-state index contributed by atoms with van der Waals surface area (Å²) in [5.74, 6) is 6.10. The lowest BCUT2D eigenvalue weighted by atomic mass is 9.95. The van der Waals surface area contributed by atoms with Crippen LogP contribution in [-0.2, 0) is 18.2 Å². The minimum Gasteiger partial charge on any atom is -0.377 e. The van der Waals surface area contributed by atoms with Crippen molar-refractivity contribution in [3.05, 3.63) is 18.0 Å². The van der Waals surface area contributed by atoms with Gasteiger partial charge in [-0.15, -0.1) is 0 Å². The molecule has 1 heterocycles. The third kappa shape index (κ3) is 4.40. The molecule has 1 rings (SSSR count). The first kappa shape index (κ1) is 15.1.